The zero-order chi connectivity index (χ0) is 22.7. The van der Waals surface area contributed by atoms with E-state index in [1.54, 1.807) is 0 Å². The van der Waals surface area contributed by atoms with Crippen LogP contribution in [0.25, 0.3) is 0 Å². The van der Waals surface area contributed by atoms with E-state index in [9.17, 15) is 0 Å². The summed E-state index contributed by atoms with van der Waals surface area (Å²) in [5.41, 5.74) is 1.52. The fourth-order valence-corrected chi connectivity index (χ4v) is 4.73. The zero-order valence-electron chi connectivity index (χ0n) is 22.3. The molecule has 186 valence electrons. The van der Waals surface area contributed by atoms with E-state index in [1.807, 2.05) is 0 Å². The Morgan fingerprint density at radius 3 is 0.742 bits per heavy atom. The van der Waals surface area contributed by atoms with Gasteiger partial charge < -0.3 is 0 Å². The minimum Gasteiger partial charge on any atom is -0.0999 e. The maximum Gasteiger partial charge on any atom is -0.0323 e. The molecule has 0 aromatic carbocycles. The first-order chi connectivity index (χ1) is 15.3. The van der Waals surface area contributed by atoms with Gasteiger partial charge in [-0.15, -0.1) is 0 Å². The summed E-state index contributed by atoms with van der Waals surface area (Å²) in [5, 5.41) is 0. The molecule has 0 aliphatic rings. The third-order valence-corrected chi connectivity index (χ3v) is 7.02. The van der Waals surface area contributed by atoms with Gasteiger partial charge in [0.05, 0.1) is 0 Å². The van der Waals surface area contributed by atoms with Crippen LogP contribution in [-0.2, 0) is 0 Å². The first-order valence-corrected chi connectivity index (χ1v) is 15.0. The minimum atomic E-state index is 1.29. The monoisotopic (exact) mass is 434 g/mol. The Balaban J connectivity index is 3.14. The van der Waals surface area contributed by atoms with Gasteiger partial charge in [0, 0.05) is 0 Å². The van der Waals surface area contributed by atoms with Crippen LogP contribution in [0.1, 0.15) is 187 Å². The highest BCUT2D eigenvalue weighted by atomic mass is 14.0. The molecule has 0 fully saturated rings. The van der Waals surface area contributed by atoms with Crippen LogP contribution >= 0.6 is 0 Å². The molecule has 0 saturated carbocycles. The third-order valence-electron chi connectivity index (χ3n) is 7.02. The lowest BCUT2D eigenvalue weighted by atomic mass is 10.00. The number of allylic oxidation sites excluding steroid dienone is 1. The largest absolute Gasteiger partial charge is 0.0999 e. The molecule has 0 bridgehead atoms. The van der Waals surface area contributed by atoms with Crippen molar-refractivity contribution >= 4 is 0 Å². The Hall–Kier alpha value is -0.260. The molecule has 0 nitrogen and oxygen atoms in total. The van der Waals surface area contributed by atoms with Crippen LogP contribution in [0, 0.1) is 0 Å². The van der Waals surface area contributed by atoms with Gasteiger partial charge in [-0.2, -0.15) is 0 Å². The van der Waals surface area contributed by atoms with Crippen LogP contribution in [0.2, 0.25) is 0 Å². The van der Waals surface area contributed by atoms with Crippen molar-refractivity contribution in [2.24, 2.45) is 0 Å². The molecule has 0 aromatic rings. The van der Waals surface area contributed by atoms with Crippen LogP contribution in [0.15, 0.2) is 12.2 Å². The molecule has 31 heavy (non-hydrogen) atoms. The maximum absolute atomic E-state index is 4.34. The molecule has 0 unspecified atom stereocenters. The molecule has 0 amide bonds. The van der Waals surface area contributed by atoms with E-state index in [2.05, 4.69) is 20.4 Å². The van der Waals surface area contributed by atoms with Crippen LogP contribution in [0.5, 0.6) is 0 Å². The average molecular weight is 435 g/mol. The van der Waals surface area contributed by atoms with Crippen molar-refractivity contribution in [3.8, 4) is 0 Å². The van der Waals surface area contributed by atoms with Crippen molar-refractivity contribution in [3.05, 3.63) is 12.2 Å². The highest BCUT2D eigenvalue weighted by molar-refractivity contribution is 4.93. The maximum atomic E-state index is 4.34. The SMILES string of the molecule is C=C(CCCCCCCCCCCCCC)CCCCCCCCCCCCCCC. The topological polar surface area (TPSA) is 0 Å². The first kappa shape index (κ1) is 30.7. The molecule has 0 aliphatic heterocycles. The Morgan fingerprint density at radius 1 is 0.323 bits per heavy atom. The van der Waals surface area contributed by atoms with Gasteiger partial charge in [0.2, 0.25) is 0 Å². The van der Waals surface area contributed by atoms with Crippen molar-refractivity contribution < 1.29 is 0 Å². The number of rotatable bonds is 27. The highest BCUT2D eigenvalue weighted by Crippen LogP contribution is 2.18. The molecule has 0 aliphatic carbocycles. The Kier molecular flexibility index (Phi) is 27.5. The Labute approximate surface area is 199 Å². The number of unbranched alkanes of at least 4 members (excludes halogenated alkanes) is 23. The lowest BCUT2D eigenvalue weighted by molar-refractivity contribution is 0.535. The first-order valence-electron chi connectivity index (χ1n) is 15.0. The zero-order valence-corrected chi connectivity index (χ0v) is 22.3. The lowest BCUT2D eigenvalue weighted by Crippen LogP contribution is -1.87. The smallest absolute Gasteiger partial charge is 0.0323 e. The van der Waals surface area contributed by atoms with Crippen LogP contribution in [0.3, 0.4) is 0 Å². The molecule has 0 N–H and O–H groups in total. The second-order valence-electron chi connectivity index (χ2n) is 10.4. The Morgan fingerprint density at radius 2 is 0.516 bits per heavy atom. The summed E-state index contributed by atoms with van der Waals surface area (Å²) in [5.74, 6) is 0. The van der Waals surface area contributed by atoms with Crippen molar-refractivity contribution in [1.82, 2.24) is 0 Å². The van der Waals surface area contributed by atoms with Crippen molar-refractivity contribution in [1.29, 1.82) is 0 Å². The summed E-state index contributed by atoms with van der Waals surface area (Å²) < 4.78 is 0. The fourth-order valence-electron chi connectivity index (χ4n) is 4.73. The van der Waals surface area contributed by atoms with E-state index in [0.29, 0.717) is 0 Å². The Bertz CT molecular complexity index is 329. The normalized spacial score (nSPS) is 11.3. The minimum absolute atomic E-state index is 1.29. The average Bonchev–Trinajstić information content (AvgIpc) is 2.77. The molecule has 0 aromatic heterocycles. The number of hydrogen-bond donors (Lipinski definition) is 0. The van der Waals surface area contributed by atoms with Gasteiger partial charge in [0.15, 0.2) is 0 Å². The second kappa shape index (κ2) is 27.8. The molecule has 0 saturated heterocycles. The van der Waals surface area contributed by atoms with Gasteiger partial charge in [-0.1, -0.05) is 174 Å². The molecule has 0 atom stereocenters. The van der Waals surface area contributed by atoms with Crippen LogP contribution < -0.4 is 0 Å². The summed E-state index contributed by atoms with van der Waals surface area (Å²) >= 11 is 0. The van der Waals surface area contributed by atoms with Crippen LogP contribution in [0.4, 0.5) is 0 Å². The van der Waals surface area contributed by atoms with E-state index in [0.717, 1.165) is 0 Å². The third kappa shape index (κ3) is 27.7. The number of hydrogen-bond acceptors (Lipinski definition) is 0. The molecule has 0 heteroatoms. The summed E-state index contributed by atoms with van der Waals surface area (Å²) in [7, 11) is 0. The second-order valence-corrected chi connectivity index (χ2v) is 10.4. The lowest BCUT2D eigenvalue weighted by Gasteiger charge is -2.07. The predicted molar refractivity (Wildman–Crippen MR) is 145 cm³/mol. The summed E-state index contributed by atoms with van der Waals surface area (Å²) in [6, 6.07) is 0. The molecule has 0 radical (unpaired) electrons. The molecular formula is C31H62. The van der Waals surface area contributed by atoms with Gasteiger partial charge in [0.25, 0.3) is 0 Å². The van der Waals surface area contributed by atoms with Crippen LogP contribution in [-0.4, -0.2) is 0 Å². The fraction of sp³-hybridized carbons (Fsp3) is 0.935. The van der Waals surface area contributed by atoms with Gasteiger partial charge in [-0.3, -0.25) is 0 Å². The summed E-state index contributed by atoms with van der Waals surface area (Å²) in [6.07, 6.45) is 38.7. The molecule has 0 spiro atoms. The van der Waals surface area contributed by atoms with Gasteiger partial charge in [-0.25, -0.2) is 0 Å². The van der Waals surface area contributed by atoms with E-state index in [-0.39, 0.29) is 0 Å². The van der Waals surface area contributed by atoms with Gasteiger partial charge >= 0.3 is 0 Å². The molecule has 0 rings (SSSR count). The molecular weight excluding hydrogens is 372 g/mol. The van der Waals surface area contributed by atoms with Crippen molar-refractivity contribution in [2.75, 3.05) is 0 Å². The van der Waals surface area contributed by atoms with Gasteiger partial charge in [-0.05, 0) is 25.7 Å². The summed E-state index contributed by atoms with van der Waals surface area (Å²) in [6.45, 7) is 8.94. The van der Waals surface area contributed by atoms with E-state index >= 15 is 0 Å². The van der Waals surface area contributed by atoms with Gasteiger partial charge in [0.1, 0.15) is 0 Å². The van der Waals surface area contributed by atoms with E-state index < -0.39 is 0 Å². The quantitative estimate of drug-likeness (QED) is 0.0890. The van der Waals surface area contributed by atoms with E-state index in [4.69, 9.17) is 0 Å². The van der Waals surface area contributed by atoms with E-state index in [1.165, 1.54) is 179 Å². The summed E-state index contributed by atoms with van der Waals surface area (Å²) in [4.78, 5) is 0. The predicted octanol–water partition coefficient (Wildman–Crippen LogP) is 12.1. The highest BCUT2D eigenvalue weighted by Gasteiger charge is 1.98. The van der Waals surface area contributed by atoms with Crippen molar-refractivity contribution in [3.63, 3.8) is 0 Å². The molecule has 0 heterocycles. The standard InChI is InChI=1S/C31H62/c1-4-6-8-10-12-14-16-18-20-22-24-26-28-30-31(3)29-27-25-23-21-19-17-15-13-11-9-7-5-2/h3-30H2,1-2H3. The van der Waals surface area contributed by atoms with Crippen molar-refractivity contribution in [2.45, 2.75) is 187 Å².